The van der Waals surface area contributed by atoms with Crippen LogP contribution in [0.5, 0.6) is 5.75 Å². The van der Waals surface area contributed by atoms with Crippen LogP contribution in [0.1, 0.15) is 17.5 Å². The number of rotatable bonds is 5. The van der Waals surface area contributed by atoms with Crippen LogP contribution in [0.2, 0.25) is 0 Å². The molecule has 0 radical (unpaired) electrons. The van der Waals surface area contributed by atoms with Gasteiger partial charge in [0.15, 0.2) is 5.17 Å². The number of nitrogens with one attached hydrogen (secondary N) is 2. The number of carbonyl (C=O) groups excluding carboxylic acids is 2. The second kappa shape index (κ2) is 8.26. The van der Waals surface area contributed by atoms with Gasteiger partial charge in [0.2, 0.25) is 11.8 Å². The number of nitrogens with zero attached hydrogens (tertiary/aromatic N) is 1. The van der Waals surface area contributed by atoms with E-state index < -0.39 is 5.25 Å². The first-order valence-corrected chi connectivity index (χ1v) is 9.39. The lowest BCUT2D eigenvalue weighted by Crippen LogP contribution is -2.28. The third-order valence-electron chi connectivity index (χ3n) is 3.96. The number of carbonyl (C=O) groups is 2. The van der Waals surface area contributed by atoms with E-state index >= 15 is 0 Å². The molecular weight excluding hydrogens is 362 g/mol. The van der Waals surface area contributed by atoms with Gasteiger partial charge in [0.1, 0.15) is 11.0 Å². The summed E-state index contributed by atoms with van der Waals surface area (Å²) in [4.78, 5) is 28.9. The van der Waals surface area contributed by atoms with E-state index in [-0.39, 0.29) is 18.2 Å². The average molecular weight is 383 g/mol. The molecule has 1 aliphatic heterocycles. The van der Waals surface area contributed by atoms with Crippen LogP contribution in [-0.4, -0.2) is 29.3 Å². The van der Waals surface area contributed by atoms with Crippen molar-refractivity contribution in [2.24, 2.45) is 4.99 Å². The highest BCUT2D eigenvalue weighted by Crippen LogP contribution is 2.26. The molecule has 2 N–H and O–H groups in total. The van der Waals surface area contributed by atoms with Crippen LogP contribution in [0, 0.1) is 13.8 Å². The SMILES string of the molecule is COc1ccc(NC(=O)C[C@H]2SC(=Nc3cc(C)cc(C)c3)NC2=O)cc1. The molecule has 1 fully saturated rings. The fraction of sp³-hybridized carbons (Fsp3) is 0.250. The number of amides is 2. The van der Waals surface area contributed by atoms with Crippen molar-refractivity contribution in [2.75, 3.05) is 12.4 Å². The van der Waals surface area contributed by atoms with Crippen LogP contribution in [0.25, 0.3) is 0 Å². The van der Waals surface area contributed by atoms with Crippen LogP contribution in [0.4, 0.5) is 11.4 Å². The van der Waals surface area contributed by atoms with Gasteiger partial charge in [-0.15, -0.1) is 0 Å². The molecule has 0 unspecified atom stereocenters. The van der Waals surface area contributed by atoms with Crippen LogP contribution >= 0.6 is 11.8 Å². The lowest BCUT2D eigenvalue weighted by atomic mass is 10.1. The molecule has 27 heavy (non-hydrogen) atoms. The largest absolute Gasteiger partial charge is 0.497 e. The van der Waals surface area contributed by atoms with Crippen molar-refractivity contribution in [1.29, 1.82) is 0 Å². The topological polar surface area (TPSA) is 79.8 Å². The number of amidine groups is 1. The Morgan fingerprint density at radius 2 is 1.85 bits per heavy atom. The minimum atomic E-state index is -0.493. The highest BCUT2D eigenvalue weighted by atomic mass is 32.2. The second-order valence-corrected chi connectivity index (χ2v) is 7.53. The predicted octanol–water partition coefficient (Wildman–Crippen LogP) is 3.56. The van der Waals surface area contributed by atoms with Crippen LogP contribution in [-0.2, 0) is 9.59 Å². The Morgan fingerprint density at radius 1 is 1.19 bits per heavy atom. The predicted molar refractivity (Wildman–Crippen MR) is 109 cm³/mol. The van der Waals surface area contributed by atoms with E-state index in [1.54, 1.807) is 31.4 Å². The first-order chi connectivity index (χ1) is 12.9. The summed E-state index contributed by atoms with van der Waals surface area (Å²) in [6, 6.07) is 13.0. The van der Waals surface area contributed by atoms with Crippen molar-refractivity contribution in [1.82, 2.24) is 5.32 Å². The quantitative estimate of drug-likeness (QED) is 0.827. The molecule has 0 bridgehead atoms. The van der Waals surface area contributed by atoms with Gasteiger partial charge in [-0.2, -0.15) is 0 Å². The van der Waals surface area contributed by atoms with E-state index in [1.807, 2.05) is 26.0 Å². The van der Waals surface area contributed by atoms with E-state index in [2.05, 4.69) is 21.7 Å². The van der Waals surface area contributed by atoms with E-state index in [0.29, 0.717) is 16.6 Å². The molecule has 2 amide bonds. The van der Waals surface area contributed by atoms with Crippen molar-refractivity contribution in [3.05, 3.63) is 53.6 Å². The number of hydrogen-bond acceptors (Lipinski definition) is 5. The van der Waals surface area contributed by atoms with Crippen molar-refractivity contribution in [3.63, 3.8) is 0 Å². The summed E-state index contributed by atoms with van der Waals surface area (Å²) in [5.74, 6) is 0.291. The van der Waals surface area contributed by atoms with Gasteiger partial charge in [-0.05, 0) is 61.4 Å². The Balaban J connectivity index is 1.61. The molecule has 140 valence electrons. The van der Waals surface area contributed by atoms with Crippen LogP contribution in [0.15, 0.2) is 47.5 Å². The Bertz CT molecular complexity index is 874. The molecule has 1 heterocycles. The Hall–Kier alpha value is -2.80. The number of aliphatic imine (C=N–C) groups is 1. The van der Waals surface area contributed by atoms with E-state index in [0.717, 1.165) is 16.8 Å². The van der Waals surface area contributed by atoms with Gasteiger partial charge in [-0.3, -0.25) is 9.59 Å². The maximum atomic E-state index is 12.2. The molecule has 0 spiro atoms. The minimum Gasteiger partial charge on any atom is -0.497 e. The summed E-state index contributed by atoms with van der Waals surface area (Å²) in [5, 5.41) is 5.57. The number of aryl methyl sites for hydroxylation is 2. The number of thioether (sulfide) groups is 1. The molecule has 1 atom stereocenters. The summed E-state index contributed by atoms with van der Waals surface area (Å²) in [7, 11) is 1.58. The highest BCUT2D eigenvalue weighted by molar-refractivity contribution is 8.15. The lowest BCUT2D eigenvalue weighted by molar-refractivity contribution is -0.122. The summed E-state index contributed by atoms with van der Waals surface area (Å²) in [6.45, 7) is 4.01. The molecular formula is C20H21N3O3S. The van der Waals surface area contributed by atoms with Gasteiger partial charge in [0.25, 0.3) is 0 Å². The first-order valence-electron chi connectivity index (χ1n) is 8.51. The third-order valence-corrected chi connectivity index (χ3v) is 5.04. The zero-order valence-corrected chi connectivity index (χ0v) is 16.2. The Morgan fingerprint density at radius 3 is 2.48 bits per heavy atom. The fourth-order valence-electron chi connectivity index (χ4n) is 2.78. The van der Waals surface area contributed by atoms with Gasteiger partial charge in [0, 0.05) is 12.1 Å². The standard InChI is InChI=1S/C20H21N3O3S/c1-12-8-13(2)10-15(9-12)22-20-23-19(25)17(27-20)11-18(24)21-14-4-6-16(26-3)7-5-14/h4-10,17H,11H2,1-3H3,(H,21,24)(H,22,23,25)/t17-/m1/s1. The highest BCUT2D eigenvalue weighted by Gasteiger charge is 2.32. The summed E-state index contributed by atoms with van der Waals surface area (Å²) < 4.78 is 5.09. The molecule has 0 aromatic heterocycles. The van der Waals surface area contributed by atoms with Gasteiger partial charge >= 0.3 is 0 Å². The molecule has 0 aliphatic carbocycles. The molecule has 1 aliphatic rings. The lowest BCUT2D eigenvalue weighted by Gasteiger charge is -2.08. The maximum absolute atomic E-state index is 12.2. The number of hydrogen-bond donors (Lipinski definition) is 2. The van der Waals surface area contributed by atoms with Crippen LogP contribution in [0.3, 0.4) is 0 Å². The zero-order valence-electron chi connectivity index (χ0n) is 15.4. The smallest absolute Gasteiger partial charge is 0.240 e. The Labute approximate surface area is 162 Å². The molecule has 6 nitrogen and oxygen atoms in total. The molecule has 3 rings (SSSR count). The number of benzene rings is 2. The Kier molecular flexibility index (Phi) is 5.81. The maximum Gasteiger partial charge on any atom is 0.240 e. The fourth-order valence-corrected chi connectivity index (χ4v) is 3.77. The van der Waals surface area contributed by atoms with Crippen molar-refractivity contribution in [3.8, 4) is 5.75 Å². The van der Waals surface area contributed by atoms with Gasteiger partial charge in [0.05, 0.1) is 12.8 Å². The van der Waals surface area contributed by atoms with Crippen molar-refractivity contribution >= 4 is 40.1 Å². The van der Waals surface area contributed by atoms with E-state index in [9.17, 15) is 9.59 Å². The molecule has 1 saturated heterocycles. The molecule has 2 aromatic rings. The summed E-state index contributed by atoms with van der Waals surface area (Å²) in [6.07, 6.45) is 0.0778. The van der Waals surface area contributed by atoms with Gasteiger partial charge in [-0.1, -0.05) is 17.8 Å². The molecule has 0 saturated carbocycles. The number of ether oxygens (including phenoxy) is 1. The molecule has 2 aromatic carbocycles. The molecule has 7 heteroatoms. The third kappa shape index (κ3) is 5.10. The minimum absolute atomic E-state index is 0.0778. The van der Waals surface area contributed by atoms with Gasteiger partial charge < -0.3 is 15.4 Å². The van der Waals surface area contributed by atoms with Gasteiger partial charge in [-0.25, -0.2) is 4.99 Å². The number of methoxy groups -OCH3 is 1. The van der Waals surface area contributed by atoms with Crippen molar-refractivity contribution in [2.45, 2.75) is 25.5 Å². The van der Waals surface area contributed by atoms with E-state index in [4.69, 9.17) is 4.74 Å². The van der Waals surface area contributed by atoms with Crippen molar-refractivity contribution < 1.29 is 14.3 Å². The second-order valence-electron chi connectivity index (χ2n) is 6.34. The average Bonchev–Trinajstić information content (AvgIpc) is 2.93. The first kappa shape index (κ1) is 19.0. The van der Waals surface area contributed by atoms with E-state index in [1.165, 1.54) is 11.8 Å². The summed E-state index contributed by atoms with van der Waals surface area (Å²) >= 11 is 1.28. The summed E-state index contributed by atoms with van der Waals surface area (Å²) in [5.41, 5.74) is 3.67. The van der Waals surface area contributed by atoms with Crippen LogP contribution < -0.4 is 15.4 Å². The monoisotopic (exact) mass is 383 g/mol. The number of anilines is 1. The zero-order chi connectivity index (χ0) is 19.4. The normalized spacial score (nSPS) is 17.7.